The average molecular weight is 549 g/mol. The first-order valence-corrected chi connectivity index (χ1v) is 13.9. The van der Waals surface area contributed by atoms with Crippen LogP contribution >= 0.6 is 11.6 Å². The SMILES string of the molecule is CN1CCN(S(=O)(=O)c2c(Cl)ccc(Nc3c(NC4c5ccoc5CCC4(C)C)c(=O)c3=O)c2O)CC1. The highest BCUT2D eigenvalue weighted by atomic mass is 35.5. The van der Waals surface area contributed by atoms with Crippen LogP contribution in [-0.4, -0.2) is 56.0 Å². The number of benzene rings is 1. The van der Waals surface area contributed by atoms with Crippen molar-refractivity contribution < 1.29 is 17.9 Å². The van der Waals surface area contributed by atoms with Crippen molar-refractivity contribution in [3.63, 3.8) is 0 Å². The van der Waals surface area contributed by atoms with Crippen molar-refractivity contribution in [3.05, 3.63) is 61.3 Å². The van der Waals surface area contributed by atoms with Gasteiger partial charge in [0.25, 0.3) is 10.9 Å². The molecule has 1 aliphatic heterocycles. The molecule has 1 atom stereocenters. The fourth-order valence-corrected chi connectivity index (χ4v) is 7.08. The Morgan fingerprint density at radius 3 is 2.46 bits per heavy atom. The molecule has 198 valence electrons. The summed E-state index contributed by atoms with van der Waals surface area (Å²) in [6.45, 7) is 5.74. The minimum atomic E-state index is -4.11. The van der Waals surface area contributed by atoms with Crippen LogP contribution in [-0.2, 0) is 16.4 Å². The summed E-state index contributed by atoms with van der Waals surface area (Å²) in [4.78, 5) is 26.7. The summed E-state index contributed by atoms with van der Waals surface area (Å²) >= 11 is 6.24. The standard InChI is InChI=1S/C25H29ClN4O6S/c1-25(2)8-6-17-14(7-13-36-17)24(25)28-19-18(21(32)22(19)33)27-16-5-4-15(26)23(20(16)31)37(34,35)30-11-9-29(3)10-12-30/h4-5,7,13,24,27-28,31H,6,8-12H2,1-3H3. The highest BCUT2D eigenvalue weighted by molar-refractivity contribution is 7.89. The number of rotatable bonds is 6. The van der Waals surface area contributed by atoms with Crippen LogP contribution in [0.15, 0.2) is 43.4 Å². The molecule has 0 amide bonds. The van der Waals surface area contributed by atoms with E-state index in [4.69, 9.17) is 16.0 Å². The average Bonchev–Trinajstić information content (AvgIpc) is 3.32. The molecule has 5 rings (SSSR count). The topological polar surface area (TPSA) is 132 Å². The Kier molecular flexibility index (Phi) is 6.38. The van der Waals surface area contributed by atoms with Crippen molar-refractivity contribution in [2.75, 3.05) is 43.9 Å². The molecule has 0 bridgehead atoms. The first-order chi connectivity index (χ1) is 17.4. The van der Waals surface area contributed by atoms with Crippen LogP contribution < -0.4 is 21.5 Å². The maximum Gasteiger partial charge on any atom is 0.253 e. The van der Waals surface area contributed by atoms with Crippen LogP contribution in [0.1, 0.15) is 37.6 Å². The third kappa shape index (κ3) is 4.33. The summed E-state index contributed by atoms with van der Waals surface area (Å²) in [5.41, 5.74) is -0.773. The number of halogens is 1. The van der Waals surface area contributed by atoms with Crippen molar-refractivity contribution in [2.24, 2.45) is 5.41 Å². The molecular weight excluding hydrogens is 520 g/mol. The summed E-state index contributed by atoms with van der Waals surface area (Å²) in [5.74, 6) is 0.222. The molecule has 3 aromatic rings. The number of aromatic hydroxyl groups is 1. The molecule has 1 aliphatic carbocycles. The second kappa shape index (κ2) is 9.16. The zero-order chi connectivity index (χ0) is 26.7. The van der Waals surface area contributed by atoms with Gasteiger partial charge in [0.1, 0.15) is 22.0 Å². The summed E-state index contributed by atoms with van der Waals surface area (Å²) in [7, 11) is -2.21. The second-order valence-electron chi connectivity index (χ2n) is 10.4. The summed E-state index contributed by atoms with van der Waals surface area (Å²) in [6, 6.07) is 4.28. The number of phenols is 1. The maximum absolute atomic E-state index is 13.3. The zero-order valence-electron chi connectivity index (χ0n) is 20.8. The van der Waals surface area contributed by atoms with Gasteiger partial charge in [-0.15, -0.1) is 0 Å². The number of likely N-dealkylation sites (N-methyl/N-ethyl adjacent to an activating group) is 1. The summed E-state index contributed by atoms with van der Waals surface area (Å²) in [6.07, 6.45) is 3.19. The zero-order valence-corrected chi connectivity index (χ0v) is 22.4. The van der Waals surface area contributed by atoms with Crippen LogP contribution in [0.5, 0.6) is 5.75 Å². The number of phenolic OH excluding ortho intramolecular Hbond substituents is 1. The lowest BCUT2D eigenvalue weighted by molar-refractivity contribution is 0.222. The van der Waals surface area contributed by atoms with Crippen LogP contribution in [0.3, 0.4) is 0 Å². The Morgan fingerprint density at radius 2 is 1.76 bits per heavy atom. The van der Waals surface area contributed by atoms with Crippen molar-refractivity contribution in [1.82, 2.24) is 9.21 Å². The van der Waals surface area contributed by atoms with E-state index >= 15 is 0 Å². The molecule has 0 radical (unpaired) electrons. The Bertz CT molecular complexity index is 1530. The number of anilines is 3. The lowest BCUT2D eigenvalue weighted by Crippen LogP contribution is -2.47. The number of sulfonamides is 1. The number of nitrogens with zero attached hydrogens (tertiary/aromatic N) is 2. The molecule has 2 aliphatic rings. The van der Waals surface area contributed by atoms with E-state index in [1.54, 1.807) is 6.26 Å². The van der Waals surface area contributed by atoms with Gasteiger partial charge in [-0.05, 0) is 37.1 Å². The molecule has 1 unspecified atom stereocenters. The van der Waals surface area contributed by atoms with E-state index < -0.39 is 31.5 Å². The van der Waals surface area contributed by atoms with Gasteiger partial charge in [0.15, 0.2) is 5.75 Å². The Morgan fingerprint density at radius 1 is 1.08 bits per heavy atom. The summed E-state index contributed by atoms with van der Waals surface area (Å²) in [5, 5.41) is 16.9. The molecule has 2 aromatic carbocycles. The van der Waals surface area contributed by atoms with E-state index in [1.807, 2.05) is 18.0 Å². The first-order valence-electron chi connectivity index (χ1n) is 12.0. The molecule has 1 saturated heterocycles. The van der Waals surface area contributed by atoms with E-state index in [0.29, 0.717) is 13.1 Å². The quantitative estimate of drug-likeness (QED) is 0.314. The number of furan rings is 1. The Hall–Kier alpha value is -2.86. The van der Waals surface area contributed by atoms with Crippen molar-refractivity contribution in [1.29, 1.82) is 0 Å². The third-order valence-electron chi connectivity index (χ3n) is 7.47. The minimum Gasteiger partial charge on any atom is -0.504 e. The number of aryl methyl sites for hydroxylation is 1. The molecule has 3 N–H and O–H groups in total. The fourth-order valence-electron chi connectivity index (χ4n) is 5.06. The second-order valence-corrected chi connectivity index (χ2v) is 12.7. The Balaban J connectivity index is 1.47. The van der Waals surface area contributed by atoms with Crippen molar-refractivity contribution >= 4 is 38.7 Å². The van der Waals surface area contributed by atoms with Gasteiger partial charge in [-0.1, -0.05) is 25.4 Å². The van der Waals surface area contributed by atoms with Gasteiger partial charge < -0.3 is 25.1 Å². The lowest BCUT2D eigenvalue weighted by atomic mass is 9.72. The molecule has 12 heteroatoms. The Labute approximate surface area is 219 Å². The van der Waals surface area contributed by atoms with Gasteiger partial charge >= 0.3 is 0 Å². The maximum atomic E-state index is 13.3. The van der Waals surface area contributed by atoms with Crippen LogP contribution in [0.4, 0.5) is 17.1 Å². The molecule has 1 aromatic heterocycles. The van der Waals surface area contributed by atoms with E-state index in [0.717, 1.165) is 24.2 Å². The van der Waals surface area contributed by atoms with Gasteiger partial charge in [0.05, 0.1) is 23.0 Å². The smallest absolute Gasteiger partial charge is 0.253 e. The van der Waals surface area contributed by atoms with E-state index in [9.17, 15) is 23.1 Å². The van der Waals surface area contributed by atoms with Gasteiger partial charge in [-0.2, -0.15) is 4.31 Å². The largest absolute Gasteiger partial charge is 0.504 e. The van der Waals surface area contributed by atoms with Gasteiger partial charge in [-0.25, -0.2) is 8.42 Å². The number of fused-ring (bicyclic) bond motifs is 1. The molecule has 0 spiro atoms. The number of nitrogens with one attached hydrogen (secondary N) is 2. The van der Waals surface area contributed by atoms with Gasteiger partial charge in [-0.3, -0.25) is 9.59 Å². The predicted molar refractivity (Wildman–Crippen MR) is 141 cm³/mol. The molecular formula is C25H29ClN4O6S. The number of hydrogen-bond donors (Lipinski definition) is 3. The molecule has 10 nitrogen and oxygen atoms in total. The normalized spacial score (nSPS) is 20.6. The van der Waals surface area contributed by atoms with Crippen LogP contribution in [0.2, 0.25) is 5.02 Å². The van der Waals surface area contributed by atoms with E-state index in [1.165, 1.54) is 16.4 Å². The van der Waals surface area contributed by atoms with Crippen LogP contribution in [0, 0.1) is 5.41 Å². The van der Waals surface area contributed by atoms with E-state index in [-0.39, 0.29) is 46.6 Å². The fraction of sp³-hybridized carbons (Fsp3) is 0.440. The van der Waals surface area contributed by atoms with Gasteiger partial charge in [0.2, 0.25) is 10.0 Å². The van der Waals surface area contributed by atoms with Gasteiger partial charge in [0, 0.05) is 38.2 Å². The first kappa shape index (κ1) is 25.8. The highest BCUT2D eigenvalue weighted by Crippen LogP contribution is 2.46. The van der Waals surface area contributed by atoms with Crippen LogP contribution in [0.25, 0.3) is 0 Å². The van der Waals surface area contributed by atoms with Crippen molar-refractivity contribution in [3.8, 4) is 5.75 Å². The minimum absolute atomic E-state index is 0.0424. The van der Waals surface area contributed by atoms with Crippen molar-refractivity contribution in [2.45, 2.75) is 37.6 Å². The highest BCUT2D eigenvalue weighted by Gasteiger charge is 2.40. The molecule has 2 heterocycles. The summed E-state index contributed by atoms with van der Waals surface area (Å²) < 4.78 is 33.5. The number of hydrogen-bond acceptors (Lipinski definition) is 9. The number of piperazine rings is 1. The molecule has 0 saturated carbocycles. The third-order valence-corrected chi connectivity index (χ3v) is 9.87. The molecule has 37 heavy (non-hydrogen) atoms. The van der Waals surface area contributed by atoms with E-state index in [2.05, 4.69) is 24.5 Å². The predicted octanol–water partition coefficient (Wildman–Crippen LogP) is 3.04. The monoisotopic (exact) mass is 548 g/mol. The lowest BCUT2D eigenvalue weighted by Gasteiger charge is -2.39. The molecule has 1 fully saturated rings.